The predicted octanol–water partition coefficient (Wildman–Crippen LogP) is 5.11. The maximum atomic E-state index is 13.7. The van der Waals surface area contributed by atoms with E-state index in [-0.39, 0.29) is 16.7 Å². The lowest BCUT2D eigenvalue weighted by Gasteiger charge is -2.30. The molecule has 0 aliphatic carbocycles. The van der Waals surface area contributed by atoms with E-state index in [0.29, 0.717) is 27.9 Å². The number of nitrogens with zero attached hydrogens (tertiary/aromatic N) is 3. The van der Waals surface area contributed by atoms with Gasteiger partial charge in [-0.2, -0.15) is 10.1 Å². The van der Waals surface area contributed by atoms with Crippen LogP contribution in [0, 0.1) is 0 Å². The Morgan fingerprint density at radius 3 is 2.38 bits per heavy atom. The zero-order chi connectivity index (χ0) is 24.6. The predicted molar refractivity (Wildman–Crippen MR) is 118 cm³/mol. The lowest BCUT2D eigenvalue weighted by Crippen LogP contribution is -2.51. The smallest absolute Gasteiger partial charge is 0.287 e. The summed E-state index contributed by atoms with van der Waals surface area (Å²) in [6.07, 6.45) is -7.89. The van der Waals surface area contributed by atoms with Gasteiger partial charge in [-0.05, 0) is 50.2 Å². The average molecular weight is 475 g/mol. The number of pyridine rings is 1. The van der Waals surface area contributed by atoms with Crippen LogP contribution in [0.3, 0.4) is 0 Å². The van der Waals surface area contributed by atoms with Crippen molar-refractivity contribution in [2.75, 3.05) is 0 Å². The number of alkyl halides is 4. The van der Waals surface area contributed by atoms with E-state index in [9.17, 15) is 27.5 Å². The van der Waals surface area contributed by atoms with Crippen molar-refractivity contribution >= 4 is 22.5 Å². The van der Waals surface area contributed by atoms with Crippen LogP contribution in [0.4, 0.5) is 17.6 Å². The fourth-order valence-corrected chi connectivity index (χ4v) is 3.69. The molecule has 2 heterocycles. The first-order valence-electron chi connectivity index (χ1n) is 10.5. The highest BCUT2D eigenvalue weighted by Crippen LogP contribution is 2.36. The second-order valence-electron chi connectivity index (χ2n) is 8.13. The molecule has 0 saturated heterocycles. The molecule has 1 aliphatic rings. The molecule has 0 radical (unpaired) electrons. The van der Waals surface area contributed by atoms with Gasteiger partial charge in [-0.3, -0.25) is 4.79 Å². The molecule has 6 nitrogen and oxygen atoms in total. The van der Waals surface area contributed by atoms with Gasteiger partial charge < -0.3 is 9.84 Å². The quantitative estimate of drug-likeness (QED) is 0.503. The SMILES string of the molecule is CC(C)Oc1ccc(-c2cc(C(=O)N3N=C(C(F)F)CC3(O)C(F)F)c3ccccc3n2)cc1. The molecule has 34 heavy (non-hydrogen) atoms. The standard InChI is InChI=1S/C24H21F4N3O3/c1-13(2)34-15-9-7-14(8-10-15)19-11-17(16-5-3-4-6-18(16)29-19)22(32)31-24(33,23(27)28)12-20(30-31)21(25)26/h3-11,13,21,23,33H,12H2,1-2H3. The number of carbonyl (C=O) groups excluding carboxylic acids is 1. The molecular weight excluding hydrogens is 454 g/mol. The summed E-state index contributed by atoms with van der Waals surface area (Å²) in [5.41, 5.74) is -2.95. The number of aromatic nitrogens is 1. The molecule has 0 saturated carbocycles. The minimum atomic E-state index is -3.52. The summed E-state index contributed by atoms with van der Waals surface area (Å²) in [4.78, 5) is 17.9. The van der Waals surface area contributed by atoms with Crippen LogP contribution in [-0.4, -0.2) is 51.4 Å². The van der Waals surface area contributed by atoms with Crippen LogP contribution >= 0.6 is 0 Å². The van der Waals surface area contributed by atoms with E-state index in [0.717, 1.165) is 0 Å². The van der Waals surface area contributed by atoms with Gasteiger partial charge >= 0.3 is 0 Å². The molecule has 178 valence electrons. The summed E-state index contributed by atoms with van der Waals surface area (Å²) < 4.78 is 59.4. The highest BCUT2D eigenvalue weighted by molar-refractivity contribution is 6.08. The van der Waals surface area contributed by atoms with Crippen molar-refractivity contribution in [1.29, 1.82) is 0 Å². The van der Waals surface area contributed by atoms with Crippen LogP contribution in [-0.2, 0) is 0 Å². The van der Waals surface area contributed by atoms with Gasteiger partial charge in [-0.15, -0.1) is 0 Å². The molecule has 1 aliphatic heterocycles. The Labute approximate surface area is 192 Å². The molecule has 1 atom stereocenters. The Balaban J connectivity index is 1.81. The Morgan fingerprint density at radius 2 is 1.76 bits per heavy atom. The minimum Gasteiger partial charge on any atom is -0.491 e. The van der Waals surface area contributed by atoms with Gasteiger partial charge in [0.1, 0.15) is 11.5 Å². The van der Waals surface area contributed by atoms with Gasteiger partial charge in [0, 0.05) is 17.4 Å². The number of fused-ring (bicyclic) bond motifs is 1. The monoisotopic (exact) mass is 475 g/mol. The first-order chi connectivity index (χ1) is 16.1. The Kier molecular flexibility index (Phi) is 6.26. The van der Waals surface area contributed by atoms with Crippen LogP contribution in [0.15, 0.2) is 59.7 Å². The van der Waals surface area contributed by atoms with E-state index in [2.05, 4.69) is 10.1 Å². The average Bonchev–Trinajstić information content (AvgIpc) is 3.17. The maximum Gasteiger partial charge on any atom is 0.287 e. The summed E-state index contributed by atoms with van der Waals surface area (Å²) >= 11 is 0. The van der Waals surface area contributed by atoms with Gasteiger partial charge in [0.05, 0.1) is 22.9 Å². The molecular formula is C24H21F4N3O3. The number of para-hydroxylation sites is 1. The van der Waals surface area contributed by atoms with Crippen molar-refractivity contribution < 1.29 is 32.2 Å². The van der Waals surface area contributed by atoms with E-state index in [1.165, 1.54) is 6.07 Å². The molecule has 0 bridgehead atoms. The topological polar surface area (TPSA) is 75.0 Å². The largest absolute Gasteiger partial charge is 0.491 e. The summed E-state index contributed by atoms with van der Waals surface area (Å²) in [6, 6.07) is 14.7. The van der Waals surface area contributed by atoms with Crippen molar-refractivity contribution in [2.24, 2.45) is 5.10 Å². The highest BCUT2D eigenvalue weighted by Gasteiger charge is 2.53. The van der Waals surface area contributed by atoms with Crippen molar-refractivity contribution in [1.82, 2.24) is 9.99 Å². The number of ether oxygens (including phenoxy) is 1. The second-order valence-corrected chi connectivity index (χ2v) is 8.13. The molecule has 3 aromatic rings. The zero-order valence-electron chi connectivity index (χ0n) is 18.3. The molecule has 1 unspecified atom stereocenters. The van der Waals surface area contributed by atoms with E-state index in [1.807, 2.05) is 13.8 Å². The van der Waals surface area contributed by atoms with E-state index >= 15 is 0 Å². The summed E-state index contributed by atoms with van der Waals surface area (Å²) in [6.45, 7) is 3.77. The highest BCUT2D eigenvalue weighted by atomic mass is 19.3. The minimum absolute atomic E-state index is 0.0263. The fraction of sp³-hybridized carbons (Fsp3) is 0.292. The lowest BCUT2D eigenvalue weighted by molar-refractivity contribution is -0.164. The van der Waals surface area contributed by atoms with Crippen LogP contribution < -0.4 is 4.74 Å². The van der Waals surface area contributed by atoms with Crippen molar-refractivity contribution in [3.05, 3.63) is 60.2 Å². The second kappa shape index (κ2) is 9.02. The number of rotatable bonds is 6. The number of halogens is 4. The molecule has 10 heteroatoms. The van der Waals surface area contributed by atoms with Gasteiger partial charge in [0.25, 0.3) is 18.8 Å². The molecule has 2 aromatic carbocycles. The number of hydrogen-bond acceptors (Lipinski definition) is 5. The number of hydrazone groups is 1. The summed E-state index contributed by atoms with van der Waals surface area (Å²) in [7, 11) is 0. The van der Waals surface area contributed by atoms with Crippen molar-refractivity contribution in [3.8, 4) is 17.0 Å². The number of carbonyl (C=O) groups is 1. The summed E-state index contributed by atoms with van der Waals surface area (Å²) in [5.74, 6) is -0.512. The first kappa shape index (κ1) is 23.6. The Bertz CT molecular complexity index is 1250. The van der Waals surface area contributed by atoms with Gasteiger partial charge in [0.15, 0.2) is 0 Å². The van der Waals surface area contributed by atoms with Crippen molar-refractivity contribution in [2.45, 2.75) is 44.9 Å². The normalized spacial score (nSPS) is 18.3. The van der Waals surface area contributed by atoms with Crippen LogP contribution in [0.25, 0.3) is 22.2 Å². The molecule has 4 rings (SSSR count). The molecule has 0 fully saturated rings. The number of aliphatic hydroxyl groups is 1. The van der Waals surface area contributed by atoms with E-state index in [1.54, 1.807) is 48.5 Å². The zero-order valence-corrected chi connectivity index (χ0v) is 18.3. The van der Waals surface area contributed by atoms with Crippen LogP contribution in [0.5, 0.6) is 5.75 Å². The maximum absolute atomic E-state index is 13.7. The Morgan fingerprint density at radius 1 is 1.09 bits per heavy atom. The molecule has 0 spiro atoms. The first-order valence-corrected chi connectivity index (χ1v) is 10.5. The van der Waals surface area contributed by atoms with Gasteiger partial charge in [0.2, 0.25) is 5.72 Å². The third-order valence-electron chi connectivity index (χ3n) is 5.30. The van der Waals surface area contributed by atoms with Gasteiger partial charge in [-0.25, -0.2) is 22.5 Å². The Hall–Kier alpha value is -3.53. The van der Waals surface area contributed by atoms with E-state index in [4.69, 9.17) is 4.74 Å². The van der Waals surface area contributed by atoms with Crippen LogP contribution in [0.1, 0.15) is 30.6 Å². The fourth-order valence-electron chi connectivity index (χ4n) is 3.69. The van der Waals surface area contributed by atoms with E-state index < -0.39 is 36.6 Å². The third kappa shape index (κ3) is 4.33. The number of hydrogen-bond donors (Lipinski definition) is 1. The number of amides is 1. The van der Waals surface area contributed by atoms with Gasteiger partial charge in [-0.1, -0.05) is 18.2 Å². The molecule has 1 aromatic heterocycles. The molecule has 1 amide bonds. The number of benzene rings is 2. The lowest BCUT2D eigenvalue weighted by atomic mass is 10.0. The summed E-state index contributed by atoms with van der Waals surface area (Å²) in [5, 5.41) is 14.1. The third-order valence-corrected chi connectivity index (χ3v) is 5.30. The van der Waals surface area contributed by atoms with Crippen molar-refractivity contribution in [3.63, 3.8) is 0 Å². The molecule has 1 N–H and O–H groups in total. The van der Waals surface area contributed by atoms with Crippen LogP contribution in [0.2, 0.25) is 0 Å².